The lowest BCUT2D eigenvalue weighted by atomic mass is 10.4. The van der Waals surface area contributed by atoms with E-state index in [1.54, 1.807) is 12.3 Å². The fourth-order valence-corrected chi connectivity index (χ4v) is 1.95. The van der Waals surface area contributed by atoms with Gasteiger partial charge in [0.1, 0.15) is 5.82 Å². The van der Waals surface area contributed by atoms with Crippen molar-refractivity contribution in [2.75, 3.05) is 24.1 Å². The summed E-state index contributed by atoms with van der Waals surface area (Å²) in [5.41, 5.74) is 6.20. The zero-order chi connectivity index (χ0) is 12.3. The van der Waals surface area contributed by atoms with Crippen molar-refractivity contribution >= 4 is 33.3 Å². The van der Waals surface area contributed by atoms with E-state index in [9.17, 15) is 4.79 Å². The second kappa shape index (κ2) is 5.35. The van der Waals surface area contributed by atoms with Crippen molar-refractivity contribution in [3.63, 3.8) is 0 Å². The molecule has 1 aliphatic carbocycles. The van der Waals surface area contributed by atoms with Gasteiger partial charge in [-0.05, 0) is 34.8 Å². The van der Waals surface area contributed by atoms with Gasteiger partial charge in [0.15, 0.2) is 0 Å². The third-order valence-corrected chi connectivity index (χ3v) is 3.13. The molecule has 1 aromatic rings. The second-order valence-corrected chi connectivity index (χ2v) is 4.95. The second-order valence-electron chi connectivity index (χ2n) is 4.09. The fraction of sp³-hybridized carbons (Fsp3) is 0.455. The van der Waals surface area contributed by atoms with Gasteiger partial charge in [-0.2, -0.15) is 0 Å². The molecule has 0 spiro atoms. The highest BCUT2D eigenvalue weighted by Gasteiger charge is 2.28. The summed E-state index contributed by atoms with van der Waals surface area (Å²) in [5, 5.41) is 6.00. The number of nitrogens with two attached hydrogens (primary N) is 1. The molecule has 1 saturated carbocycles. The first kappa shape index (κ1) is 12.2. The van der Waals surface area contributed by atoms with Crippen LogP contribution < -0.4 is 16.4 Å². The highest BCUT2D eigenvalue weighted by Crippen LogP contribution is 2.28. The minimum Gasteiger partial charge on any atom is -0.397 e. The molecule has 1 aromatic heterocycles. The molecule has 1 fully saturated rings. The molecule has 4 N–H and O–H groups in total. The van der Waals surface area contributed by atoms with Gasteiger partial charge in [0.05, 0.1) is 16.4 Å². The van der Waals surface area contributed by atoms with Gasteiger partial charge in [-0.3, -0.25) is 4.79 Å². The van der Waals surface area contributed by atoms with Gasteiger partial charge < -0.3 is 16.4 Å². The van der Waals surface area contributed by atoms with Crippen LogP contribution in [0.15, 0.2) is 16.7 Å². The number of carbonyl (C=O) groups excluding carboxylic acids is 1. The topological polar surface area (TPSA) is 80.0 Å². The molecule has 17 heavy (non-hydrogen) atoms. The summed E-state index contributed by atoms with van der Waals surface area (Å²) in [6, 6.07) is 1.79. The van der Waals surface area contributed by atoms with Crippen LogP contribution in [0, 0.1) is 5.92 Å². The minimum atomic E-state index is 0.163. The molecule has 1 amide bonds. The highest BCUT2D eigenvalue weighted by molar-refractivity contribution is 9.10. The Hall–Kier alpha value is -1.30. The SMILES string of the molecule is Nc1cnc(NCCNC(=O)C2CC2)c(Br)c1. The standard InChI is InChI=1S/C11H15BrN4O/c12-9-5-8(13)6-16-10(9)14-3-4-15-11(17)7-1-2-7/h5-7H,1-4,13H2,(H,14,16)(H,15,17). The average molecular weight is 299 g/mol. The summed E-state index contributed by atoms with van der Waals surface area (Å²) >= 11 is 3.37. The molecule has 0 saturated heterocycles. The predicted molar refractivity (Wildman–Crippen MR) is 70.6 cm³/mol. The number of anilines is 2. The van der Waals surface area contributed by atoms with Gasteiger partial charge in [0, 0.05) is 19.0 Å². The van der Waals surface area contributed by atoms with E-state index in [1.165, 1.54) is 0 Å². The number of nitrogens with one attached hydrogen (secondary N) is 2. The summed E-state index contributed by atoms with van der Waals surface area (Å²) in [6.07, 6.45) is 3.66. The molecule has 0 unspecified atom stereocenters. The first-order chi connectivity index (χ1) is 8.16. The molecule has 92 valence electrons. The molecule has 1 aliphatic rings. The Labute approximate surface area is 108 Å². The van der Waals surface area contributed by atoms with Crippen LogP contribution in [0.3, 0.4) is 0 Å². The summed E-state index contributed by atoms with van der Waals surface area (Å²) in [4.78, 5) is 15.5. The molecule has 1 heterocycles. The fourth-order valence-electron chi connectivity index (χ4n) is 1.44. The van der Waals surface area contributed by atoms with Gasteiger partial charge >= 0.3 is 0 Å². The highest BCUT2D eigenvalue weighted by atomic mass is 79.9. The lowest BCUT2D eigenvalue weighted by Gasteiger charge is -2.08. The molecule has 0 radical (unpaired) electrons. The van der Waals surface area contributed by atoms with Crippen LogP contribution in [0.1, 0.15) is 12.8 Å². The molecule has 0 aliphatic heterocycles. The van der Waals surface area contributed by atoms with Crippen LogP contribution in [0.25, 0.3) is 0 Å². The summed E-state index contributed by atoms with van der Waals surface area (Å²) in [6.45, 7) is 1.25. The lowest BCUT2D eigenvalue weighted by Crippen LogP contribution is -2.30. The molecular weight excluding hydrogens is 284 g/mol. The van der Waals surface area contributed by atoms with Crippen molar-refractivity contribution in [1.82, 2.24) is 10.3 Å². The van der Waals surface area contributed by atoms with E-state index in [1.807, 2.05) is 0 Å². The van der Waals surface area contributed by atoms with Crippen LogP contribution in [-0.2, 0) is 4.79 Å². The maximum Gasteiger partial charge on any atom is 0.223 e. The number of halogens is 1. The van der Waals surface area contributed by atoms with Crippen molar-refractivity contribution < 1.29 is 4.79 Å². The van der Waals surface area contributed by atoms with Crippen LogP contribution in [0.4, 0.5) is 11.5 Å². The number of nitrogen functional groups attached to an aromatic ring is 1. The van der Waals surface area contributed by atoms with Gasteiger partial charge in [0.2, 0.25) is 5.91 Å². The van der Waals surface area contributed by atoms with Crippen molar-refractivity contribution in [3.8, 4) is 0 Å². The third kappa shape index (κ3) is 3.59. The van der Waals surface area contributed by atoms with E-state index >= 15 is 0 Å². The Bertz CT molecular complexity index is 420. The zero-order valence-corrected chi connectivity index (χ0v) is 11.0. The number of hydrogen-bond donors (Lipinski definition) is 3. The first-order valence-electron chi connectivity index (χ1n) is 5.59. The number of nitrogens with zero attached hydrogens (tertiary/aromatic N) is 1. The molecule has 6 heteroatoms. The number of rotatable bonds is 5. The smallest absolute Gasteiger partial charge is 0.223 e. The van der Waals surface area contributed by atoms with E-state index in [0.29, 0.717) is 18.8 Å². The van der Waals surface area contributed by atoms with Gasteiger partial charge in [-0.15, -0.1) is 0 Å². The quantitative estimate of drug-likeness (QED) is 0.717. The number of aromatic nitrogens is 1. The van der Waals surface area contributed by atoms with Crippen LogP contribution in [-0.4, -0.2) is 24.0 Å². The molecule has 5 nitrogen and oxygen atoms in total. The van der Waals surface area contributed by atoms with Crippen molar-refractivity contribution in [2.24, 2.45) is 5.92 Å². The minimum absolute atomic E-state index is 0.163. The Morgan fingerprint density at radius 3 is 2.94 bits per heavy atom. The van der Waals surface area contributed by atoms with Crippen molar-refractivity contribution in [2.45, 2.75) is 12.8 Å². The van der Waals surface area contributed by atoms with Crippen molar-refractivity contribution in [1.29, 1.82) is 0 Å². The maximum atomic E-state index is 11.3. The number of pyridine rings is 1. The molecule has 0 atom stereocenters. The number of carbonyl (C=O) groups is 1. The maximum absolute atomic E-state index is 11.3. The summed E-state index contributed by atoms with van der Waals surface area (Å²) < 4.78 is 0.825. The van der Waals surface area contributed by atoms with E-state index in [4.69, 9.17) is 5.73 Å². The predicted octanol–water partition coefficient (Wildman–Crippen LogP) is 1.36. The van der Waals surface area contributed by atoms with Crippen LogP contribution >= 0.6 is 15.9 Å². The Kier molecular flexibility index (Phi) is 3.83. The van der Waals surface area contributed by atoms with E-state index in [-0.39, 0.29) is 11.8 Å². The molecule has 0 aromatic carbocycles. The molecule has 2 rings (SSSR count). The van der Waals surface area contributed by atoms with Crippen LogP contribution in [0.5, 0.6) is 0 Å². The first-order valence-corrected chi connectivity index (χ1v) is 6.38. The van der Waals surface area contributed by atoms with Gasteiger partial charge in [0.25, 0.3) is 0 Å². The zero-order valence-electron chi connectivity index (χ0n) is 9.37. The monoisotopic (exact) mass is 298 g/mol. The van der Waals surface area contributed by atoms with E-state index in [2.05, 4.69) is 31.5 Å². The third-order valence-electron chi connectivity index (χ3n) is 2.53. The van der Waals surface area contributed by atoms with Gasteiger partial charge in [-0.1, -0.05) is 0 Å². The Morgan fingerprint density at radius 2 is 2.29 bits per heavy atom. The summed E-state index contributed by atoms with van der Waals surface area (Å²) in [5.74, 6) is 1.16. The summed E-state index contributed by atoms with van der Waals surface area (Å²) in [7, 11) is 0. The van der Waals surface area contributed by atoms with Crippen molar-refractivity contribution in [3.05, 3.63) is 16.7 Å². The number of amides is 1. The largest absolute Gasteiger partial charge is 0.397 e. The molecular formula is C11H15BrN4O. The Morgan fingerprint density at radius 1 is 1.53 bits per heavy atom. The van der Waals surface area contributed by atoms with Crippen LogP contribution in [0.2, 0.25) is 0 Å². The van der Waals surface area contributed by atoms with E-state index in [0.717, 1.165) is 23.1 Å². The lowest BCUT2D eigenvalue weighted by molar-refractivity contribution is -0.122. The van der Waals surface area contributed by atoms with Gasteiger partial charge in [-0.25, -0.2) is 4.98 Å². The van der Waals surface area contributed by atoms with E-state index < -0.39 is 0 Å². The average Bonchev–Trinajstić information content (AvgIpc) is 3.10. The normalized spacial score (nSPS) is 14.4. The molecule has 0 bridgehead atoms. The number of hydrogen-bond acceptors (Lipinski definition) is 4. The Balaban J connectivity index is 1.72.